The highest BCUT2D eigenvalue weighted by atomic mass is 32.2. The molecule has 1 spiro atoms. The number of pyridine rings is 1. The third kappa shape index (κ3) is 6.54. The largest absolute Gasteiger partial charge is 0.490 e. The Bertz CT molecular complexity index is 797. The van der Waals surface area contributed by atoms with Crippen LogP contribution in [0.3, 0.4) is 0 Å². The van der Waals surface area contributed by atoms with Gasteiger partial charge < -0.3 is 14.7 Å². The van der Waals surface area contributed by atoms with Crippen LogP contribution in [0.5, 0.6) is 0 Å². The van der Waals surface area contributed by atoms with Gasteiger partial charge in [0.1, 0.15) is 5.82 Å². The maximum absolute atomic E-state index is 12.2. The van der Waals surface area contributed by atoms with Gasteiger partial charge in [-0.25, -0.2) is 22.5 Å². The summed E-state index contributed by atoms with van der Waals surface area (Å²) >= 11 is 0. The molecule has 170 valence electrons. The van der Waals surface area contributed by atoms with Gasteiger partial charge in [0.05, 0.1) is 18.0 Å². The average Bonchev–Trinajstić information content (AvgIpc) is 2.69. The van der Waals surface area contributed by atoms with E-state index in [-0.39, 0.29) is 11.4 Å². The number of anilines is 1. The van der Waals surface area contributed by atoms with E-state index in [2.05, 4.69) is 9.88 Å². The minimum atomic E-state index is -5.08. The number of aromatic nitrogens is 1. The standard InChI is InChI=1S/C16H25N3O3S.C2HF3O2/c1-2-13-23(20,21)19-9-6-16(7-10-19)14-18(11-12-22-16)15-5-3-4-8-17-15;3-2(4,5)1(6)7/h3-5,8H,2,6-7,9-14H2,1H3;(H,6,7). The van der Waals surface area contributed by atoms with Gasteiger partial charge in [-0.3, -0.25) is 0 Å². The monoisotopic (exact) mass is 453 g/mol. The fourth-order valence-corrected chi connectivity index (χ4v) is 4.96. The van der Waals surface area contributed by atoms with Crippen LogP contribution in [0, 0.1) is 0 Å². The molecule has 1 N–H and O–H groups in total. The Morgan fingerprint density at radius 2 is 1.90 bits per heavy atom. The number of ether oxygens (including phenoxy) is 1. The van der Waals surface area contributed by atoms with E-state index in [4.69, 9.17) is 14.6 Å². The topological polar surface area (TPSA) is 100 Å². The first-order valence-electron chi connectivity index (χ1n) is 9.57. The summed E-state index contributed by atoms with van der Waals surface area (Å²) in [6.07, 6.45) is -1.12. The number of morpholine rings is 1. The van der Waals surface area contributed by atoms with E-state index in [1.165, 1.54) is 0 Å². The summed E-state index contributed by atoms with van der Waals surface area (Å²) in [4.78, 5) is 15.6. The molecule has 1 aromatic heterocycles. The molecule has 0 aliphatic carbocycles. The first-order valence-corrected chi connectivity index (χ1v) is 11.2. The van der Waals surface area contributed by atoms with Crippen LogP contribution in [0.4, 0.5) is 19.0 Å². The zero-order chi connectivity index (χ0) is 22.4. The highest BCUT2D eigenvalue weighted by molar-refractivity contribution is 7.89. The number of hydrogen-bond acceptors (Lipinski definition) is 6. The van der Waals surface area contributed by atoms with Crippen molar-refractivity contribution in [1.29, 1.82) is 0 Å². The molecule has 0 atom stereocenters. The Morgan fingerprint density at radius 1 is 1.27 bits per heavy atom. The van der Waals surface area contributed by atoms with Crippen molar-refractivity contribution in [3.8, 4) is 0 Å². The van der Waals surface area contributed by atoms with Crippen molar-refractivity contribution in [2.24, 2.45) is 0 Å². The summed E-state index contributed by atoms with van der Waals surface area (Å²) in [6, 6.07) is 5.92. The summed E-state index contributed by atoms with van der Waals surface area (Å²) in [5.74, 6) is -1.55. The molecule has 2 aliphatic heterocycles. The predicted octanol–water partition coefficient (Wildman–Crippen LogP) is 2.13. The fraction of sp³-hybridized carbons (Fsp3) is 0.667. The van der Waals surface area contributed by atoms with E-state index in [9.17, 15) is 21.6 Å². The molecule has 0 radical (unpaired) electrons. The summed E-state index contributed by atoms with van der Waals surface area (Å²) < 4.78 is 63.9. The van der Waals surface area contributed by atoms with Crippen molar-refractivity contribution in [1.82, 2.24) is 9.29 Å². The molecular formula is C18H26F3N3O5S. The Kier molecular flexibility index (Phi) is 8.06. The lowest BCUT2D eigenvalue weighted by Gasteiger charge is -2.47. The molecule has 3 heterocycles. The van der Waals surface area contributed by atoms with Crippen molar-refractivity contribution < 1.29 is 36.2 Å². The van der Waals surface area contributed by atoms with Gasteiger partial charge in [0.25, 0.3) is 0 Å². The number of hydrogen-bond donors (Lipinski definition) is 1. The first-order chi connectivity index (χ1) is 14.0. The van der Waals surface area contributed by atoms with Crippen LogP contribution >= 0.6 is 0 Å². The molecule has 0 aromatic carbocycles. The van der Waals surface area contributed by atoms with Crippen LogP contribution in [0.2, 0.25) is 0 Å². The van der Waals surface area contributed by atoms with Crippen LogP contribution in [0.25, 0.3) is 0 Å². The zero-order valence-corrected chi connectivity index (χ0v) is 17.5. The second kappa shape index (κ2) is 9.92. The molecular weight excluding hydrogens is 427 g/mol. The van der Waals surface area contributed by atoms with Gasteiger partial charge >= 0.3 is 12.1 Å². The number of sulfonamides is 1. The number of aliphatic carboxylic acids is 1. The SMILES string of the molecule is CCCS(=O)(=O)N1CCC2(CC1)CN(c1ccccn1)CCO2.O=C(O)C(F)(F)F. The van der Waals surface area contributed by atoms with Gasteiger partial charge in [-0.15, -0.1) is 0 Å². The molecule has 2 fully saturated rings. The van der Waals surface area contributed by atoms with Gasteiger partial charge in [0.15, 0.2) is 0 Å². The van der Waals surface area contributed by atoms with Crippen LogP contribution in [-0.2, 0) is 19.6 Å². The highest BCUT2D eigenvalue weighted by Crippen LogP contribution is 2.32. The van der Waals surface area contributed by atoms with E-state index in [0.29, 0.717) is 26.1 Å². The second-order valence-corrected chi connectivity index (χ2v) is 9.25. The number of carboxylic acids is 1. The lowest BCUT2D eigenvalue weighted by molar-refractivity contribution is -0.192. The number of rotatable bonds is 4. The maximum atomic E-state index is 12.2. The van der Waals surface area contributed by atoms with Crippen LogP contribution < -0.4 is 4.90 Å². The molecule has 2 aliphatic rings. The first kappa shape index (κ1) is 24.4. The highest BCUT2D eigenvalue weighted by Gasteiger charge is 2.42. The van der Waals surface area contributed by atoms with Gasteiger partial charge in [-0.1, -0.05) is 13.0 Å². The Labute approximate surface area is 173 Å². The summed E-state index contributed by atoms with van der Waals surface area (Å²) in [5, 5.41) is 7.12. The minimum absolute atomic E-state index is 0.237. The number of carboxylic acid groups (broad SMARTS) is 1. The van der Waals surface area contributed by atoms with Crippen molar-refractivity contribution in [2.75, 3.05) is 43.4 Å². The molecule has 12 heteroatoms. The molecule has 3 rings (SSSR count). The molecule has 0 amide bonds. The lowest BCUT2D eigenvalue weighted by Crippen LogP contribution is -2.57. The third-order valence-electron chi connectivity index (χ3n) is 4.95. The smallest absolute Gasteiger partial charge is 0.475 e. The number of carbonyl (C=O) groups is 1. The van der Waals surface area contributed by atoms with Crippen LogP contribution in [0.15, 0.2) is 24.4 Å². The maximum Gasteiger partial charge on any atom is 0.490 e. The predicted molar refractivity (Wildman–Crippen MR) is 104 cm³/mol. The van der Waals surface area contributed by atoms with Gasteiger partial charge in [-0.2, -0.15) is 13.2 Å². The summed E-state index contributed by atoms with van der Waals surface area (Å²) in [7, 11) is -3.10. The minimum Gasteiger partial charge on any atom is -0.475 e. The van der Waals surface area contributed by atoms with Crippen molar-refractivity contribution in [3.05, 3.63) is 24.4 Å². The third-order valence-corrected chi connectivity index (χ3v) is 7.03. The zero-order valence-electron chi connectivity index (χ0n) is 16.6. The van der Waals surface area contributed by atoms with Gasteiger partial charge in [0, 0.05) is 32.4 Å². The number of halogens is 3. The normalized spacial score (nSPS) is 19.8. The Morgan fingerprint density at radius 3 is 2.40 bits per heavy atom. The lowest BCUT2D eigenvalue weighted by atomic mass is 9.90. The second-order valence-electron chi connectivity index (χ2n) is 7.16. The van der Waals surface area contributed by atoms with Crippen LogP contribution in [-0.4, -0.2) is 79.1 Å². The Balaban J connectivity index is 0.000000396. The van der Waals surface area contributed by atoms with Crippen molar-refractivity contribution >= 4 is 21.8 Å². The summed E-state index contributed by atoms with van der Waals surface area (Å²) in [6.45, 7) is 5.29. The van der Waals surface area contributed by atoms with Crippen LogP contribution in [0.1, 0.15) is 26.2 Å². The molecule has 8 nitrogen and oxygen atoms in total. The Hall–Kier alpha value is -1.92. The molecule has 30 heavy (non-hydrogen) atoms. The van der Waals surface area contributed by atoms with E-state index >= 15 is 0 Å². The van der Waals surface area contributed by atoms with E-state index in [1.54, 1.807) is 10.5 Å². The number of nitrogens with zero attached hydrogens (tertiary/aromatic N) is 3. The molecule has 1 aromatic rings. The fourth-order valence-electron chi connectivity index (χ4n) is 3.44. The average molecular weight is 453 g/mol. The molecule has 0 saturated carbocycles. The van der Waals surface area contributed by atoms with E-state index in [1.807, 2.05) is 25.1 Å². The van der Waals surface area contributed by atoms with Crippen molar-refractivity contribution in [2.45, 2.75) is 38.0 Å². The summed E-state index contributed by atoms with van der Waals surface area (Å²) in [5.41, 5.74) is -0.242. The molecule has 2 saturated heterocycles. The van der Waals surface area contributed by atoms with Gasteiger partial charge in [-0.05, 0) is 31.4 Å². The van der Waals surface area contributed by atoms with Crippen molar-refractivity contribution in [3.63, 3.8) is 0 Å². The van der Waals surface area contributed by atoms with E-state index in [0.717, 1.165) is 31.7 Å². The molecule has 0 unspecified atom stereocenters. The number of piperidine rings is 1. The van der Waals surface area contributed by atoms with Gasteiger partial charge in [0.2, 0.25) is 10.0 Å². The quantitative estimate of drug-likeness (QED) is 0.745. The number of alkyl halides is 3. The molecule has 0 bridgehead atoms. The van der Waals surface area contributed by atoms with E-state index < -0.39 is 22.2 Å².